The number of nitrogens with zero attached hydrogens (tertiary/aromatic N) is 4. The molecule has 592 valence electrons. The number of benzene rings is 14. The van der Waals surface area contributed by atoms with Crippen LogP contribution in [0, 0.1) is 27.7 Å². The maximum absolute atomic E-state index is 5.91. The molecule has 4 aliphatic rings. The molecule has 18 aromatic rings. The van der Waals surface area contributed by atoms with Crippen LogP contribution in [0.15, 0.2) is 340 Å². The highest BCUT2D eigenvalue weighted by Crippen LogP contribution is 2.56. The van der Waals surface area contributed by atoms with Crippen LogP contribution in [0.4, 0.5) is 0 Å². The highest BCUT2D eigenvalue weighted by atomic mass is 14.8. The minimum atomic E-state index is -0.385. The molecule has 122 heavy (non-hydrogen) atoms. The molecule has 0 spiro atoms. The fourth-order valence-corrected chi connectivity index (χ4v) is 22.4. The molecule has 0 radical (unpaired) electrons. The van der Waals surface area contributed by atoms with Gasteiger partial charge < -0.3 is 0 Å². The molecule has 22 rings (SSSR count). The lowest BCUT2D eigenvalue weighted by Gasteiger charge is -2.41. The molecule has 4 aliphatic carbocycles. The minimum Gasteiger partial charge on any atom is -0.250 e. The van der Waals surface area contributed by atoms with Crippen molar-refractivity contribution in [1.29, 1.82) is 0 Å². The lowest BCUT2D eigenvalue weighted by molar-refractivity contribution is 0.437. The molecule has 0 aliphatic heterocycles. The third kappa shape index (κ3) is 12.8. The molecule has 4 nitrogen and oxygen atoms in total. The summed E-state index contributed by atoms with van der Waals surface area (Å²) < 4.78 is 0. The van der Waals surface area contributed by atoms with Crippen LogP contribution in [0.3, 0.4) is 0 Å². The van der Waals surface area contributed by atoms with Gasteiger partial charge in [0.1, 0.15) is 0 Å². The normalized spacial score (nSPS) is 16.1. The first-order chi connectivity index (χ1) is 59.5. The fraction of sp³-hybridized carbons (Fsp3) is 0.186. The van der Waals surface area contributed by atoms with Crippen molar-refractivity contribution < 1.29 is 0 Å². The monoisotopic (exact) mass is 1570 g/mol. The summed E-state index contributed by atoms with van der Waals surface area (Å²) in [5.41, 5.74) is 45.0. The quantitative estimate of drug-likeness (QED) is 0.114. The van der Waals surface area contributed by atoms with Gasteiger partial charge in [-0.15, -0.1) is 0 Å². The Morgan fingerprint density at radius 3 is 0.811 bits per heavy atom. The van der Waals surface area contributed by atoms with Gasteiger partial charge in [0, 0.05) is 90.7 Å². The van der Waals surface area contributed by atoms with Crippen molar-refractivity contribution in [2.75, 3.05) is 0 Å². The van der Waals surface area contributed by atoms with Crippen LogP contribution in [0.25, 0.3) is 88.1 Å². The highest BCUT2D eigenvalue weighted by molar-refractivity contribution is 6.14. The average Bonchev–Trinajstić information content (AvgIpc) is 0.720. The second-order valence-corrected chi connectivity index (χ2v) is 36.4. The molecule has 6 atom stereocenters. The van der Waals surface area contributed by atoms with Gasteiger partial charge in [-0.2, -0.15) is 0 Å². The van der Waals surface area contributed by atoms with Crippen molar-refractivity contribution in [3.63, 3.8) is 0 Å². The molecule has 0 fully saturated rings. The maximum Gasteiger partial charge on any atom is 0.0974 e. The number of hydrogen-bond donors (Lipinski definition) is 0. The standard InChI is InChI=1S/C60H52N2.C58H48N2/c1-37-19-17-27-43-33-41-25-13-15-29-45(41)55(53(37)43)59(3,4)51-35-49(39-21-9-7-10-22-39)47-31-32-48-50(40-23-11-8-12-24-40)36-52(62-58(48)57(47)61-51)60(5,6)56-46-30-16-14-26-42(46)34-44-28-18-20-38(2)54(44)56;1-35-17-15-25-43-31-41-23-11-13-27-45(41)55(53(35)43)37(3)51-33-49(39-19-7-5-8-20-39)47-29-30-48-50(40-21-9-6-10-22-40)34-52(60-58(48)57(47)59-51)38(4)56-46-28-14-12-24-42(46)32-44-26-16-18-36(2)54(44)56/h7-32,35-36,55-56H,33-34H2,1-6H3;5-30,33-34,37-38,55-56H,31-32H2,1-4H3. The lowest BCUT2D eigenvalue weighted by Crippen LogP contribution is -2.33. The van der Waals surface area contributed by atoms with E-state index in [4.69, 9.17) is 19.9 Å². The van der Waals surface area contributed by atoms with Gasteiger partial charge in [-0.05, 0) is 233 Å². The summed E-state index contributed by atoms with van der Waals surface area (Å²) in [6.45, 7) is 23.6. The predicted molar refractivity (Wildman–Crippen MR) is 508 cm³/mol. The first kappa shape index (κ1) is 76.1. The molecule has 4 heterocycles. The summed E-state index contributed by atoms with van der Waals surface area (Å²) in [5.74, 6) is 0.777. The summed E-state index contributed by atoms with van der Waals surface area (Å²) in [5, 5.41) is 4.50. The van der Waals surface area contributed by atoms with E-state index in [1.165, 1.54) is 156 Å². The summed E-state index contributed by atoms with van der Waals surface area (Å²) >= 11 is 0. The maximum atomic E-state index is 5.91. The van der Waals surface area contributed by atoms with Crippen LogP contribution in [-0.2, 0) is 36.5 Å². The van der Waals surface area contributed by atoms with Crippen molar-refractivity contribution in [2.24, 2.45) is 0 Å². The average molecular weight is 1570 g/mol. The molecule has 4 aromatic heterocycles. The van der Waals surface area contributed by atoms with Crippen LogP contribution < -0.4 is 0 Å². The summed E-state index contributed by atoms with van der Waals surface area (Å²) in [6, 6.07) is 126. The van der Waals surface area contributed by atoms with Crippen molar-refractivity contribution in [3.05, 3.63) is 474 Å². The van der Waals surface area contributed by atoms with E-state index >= 15 is 0 Å². The van der Waals surface area contributed by atoms with Gasteiger partial charge in [-0.25, -0.2) is 9.97 Å². The third-order valence-corrected chi connectivity index (χ3v) is 28.5. The van der Waals surface area contributed by atoms with E-state index in [1.807, 2.05) is 0 Å². The molecule has 6 unspecified atom stereocenters. The summed E-state index contributed by atoms with van der Waals surface area (Å²) in [6.07, 6.45) is 3.82. The third-order valence-electron chi connectivity index (χ3n) is 28.5. The number of aryl methyl sites for hydroxylation is 4. The lowest BCUT2D eigenvalue weighted by atomic mass is 9.63. The van der Waals surface area contributed by atoms with E-state index in [1.54, 1.807) is 0 Å². The van der Waals surface area contributed by atoms with Gasteiger partial charge >= 0.3 is 0 Å². The second kappa shape index (κ2) is 30.5. The van der Waals surface area contributed by atoms with Crippen molar-refractivity contribution in [2.45, 2.75) is 141 Å². The molecule has 0 saturated heterocycles. The molecule has 14 aromatic carbocycles. The van der Waals surface area contributed by atoms with Crippen LogP contribution in [0.1, 0.15) is 211 Å². The smallest absolute Gasteiger partial charge is 0.0974 e. The van der Waals surface area contributed by atoms with Crippen LogP contribution in [-0.4, -0.2) is 19.9 Å². The molecule has 4 heteroatoms. The van der Waals surface area contributed by atoms with Gasteiger partial charge in [0.25, 0.3) is 0 Å². The molecular formula is C118H100N4. The minimum absolute atomic E-state index is 0.0994. The zero-order valence-corrected chi connectivity index (χ0v) is 71.4. The number of rotatable bonds is 12. The number of aromatic nitrogens is 4. The summed E-state index contributed by atoms with van der Waals surface area (Å²) in [4.78, 5) is 23.4. The summed E-state index contributed by atoms with van der Waals surface area (Å²) in [7, 11) is 0. The molecular weight excluding hydrogens is 1470 g/mol. The Balaban J connectivity index is 0.000000150. The van der Waals surface area contributed by atoms with Crippen LogP contribution in [0.5, 0.6) is 0 Å². The van der Waals surface area contributed by atoms with E-state index in [2.05, 4.69) is 409 Å². The van der Waals surface area contributed by atoms with E-state index in [-0.39, 0.29) is 46.3 Å². The SMILES string of the molecule is Cc1cccc2c1C(C(C)(C)c1cc(-c3ccccc3)c3ccc4c(-c5ccccc5)cc(C(C)(C)C5c6ccccc6Cc6cccc(C)c65)nc4c3n1)c1ccccc1C2.Cc1cccc2c1C(C(C)c1cc(-c3ccccc3)c3ccc4c(-c5ccccc5)cc(C(C)C5c6ccccc6Cc6cccc(C)c65)nc4c3n1)c1ccccc1C2. The van der Waals surface area contributed by atoms with E-state index in [9.17, 15) is 0 Å². The van der Waals surface area contributed by atoms with Crippen molar-refractivity contribution >= 4 is 43.6 Å². The molecule has 0 saturated carbocycles. The topological polar surface area (TPSA) is 51.6 Å². The van der Waals surface area contributed by atoms with E-state index < -0.39 is 0 Å². The zero-order valence-electron chi connectivity index (χ0n) is 71.4. The number of fused-ring (bicyclic) bond motifs is 14. The Labute approximate surface area is 718 Å². The Kier molecular flexibility index (Phi) is 19.0. The van der Waals surface area contributed by atoms with Gasteiger partial charge in [-0.3, -0.25) is 9.97 Å². The Hall–Kier alpha value is -13.3. The first-order valence-corrected chi connectivity index (χ1v) is 44.0. The first-order valence-electron chi connectivity index (χ1n) is 44.0. The second-order valence-electron chi connectivity index (χ2n) is 36.4. The van der Waals surface area contributed by atoms with Gasteiger partial charge in [-0.1, -0.05) is 357 Å². The van der Waals surface area contributed by atoms with Crippen molar-refractivity contribution in [1.82, 2.24) is 19.9 Å². The Morgan fingerprint density at radius 1 is 0.246 bits per heavy atom. The number of hydrogen-bond acceptors (Lipinski definition) is 4. The van der Waals surface area contributed by atoms with Crippen molar-refractivity contribution in [3.8, 4) is 44.5 Å². The fourth-order valence-electron chi connectivity index (χ4n) is 22.4. The predicted octanol–water partition coefficient (Wildman–Crippen LogP) is 29.2. The highest BCUT2D eigenvalue weighted by Gasteiger charge is 2.44. The van der Waals surface area contributed by atoms with E-state index in [0.29, 0.717) is 0 Å². The molecule has 0 bridgehead atoms. The molecule has 0 N–H and O–H groups in total. The zero-order chi connectivity index (χ0) is 82.8. The van der Waals surface area contributed by atoms with Gasteiger partial charge in [0.2, 0.25) is 0 Å². The van der Waals surface area contributed by atoms with E-state index in [0.717, 1.165) is 92.1 Å². The number of pyridine rings is 4. The largest absolute Gasteiger partial charge is 0.250 e. The van der Waals surface area contributed by atoms with Crippen LogP contribution >= 0.6 is 0 Å². The van der Waals surface area contributed by atoms with Gasteiger partial charge in [0.15, 0.2) is 0 Å². The van der Waals surface area contributed by atoms with Gasteiger partial charge in [0.05, 0.1) is 22.1 Å². The Morgan fingerprint density at radius 2 is 0.492 bits per heavy atom. The molecule has 0 amide bonds. The van der Waals surface area contributed by atoms with Crippen LogP contribution in [0.2, 0.25) is 0 Å². The Bertz CT molecular complexity index is 6750.